The molecule has 4 rings (SSSR count). The Hall–Kier alpha value is -2.34. The molecule has 7 nitrogen and oxygen atoms in total. The molecular formula is C18H22N5O2S+. The number of fused-ring (bicyclic) bond motifs is 1. The average Bonchev–Trinajstić information content (AvgIpc) is 3.18. The second kappa shape index (κ2) is 6.76. The van der Waals surface area contributed by atoms with Gasteiger partial charge in [-0.3, -0.25) is 5.10 Å². The highest BCUT2D eigenvalue weighted by atomic mass is 32.1. The number of nitriles is 1. The highest BCUT2D eigenvalue weighted by Gasteiger charge is 2.35. The first kappa shape index (κ1) is 17.1. The summed E-state index contributed by atoms with van der Waals surface area (Å²) in [4.78, 5) is 3.93. The first-order valence-electron chi connectivity index (χ1n) is 8.71. The second-order valence-electron chi connectivity index (χ2n) is 6.76. The van der Waals surface area contributed by atoms with Crippen LogP contribution in [0.25, 0.3) is 0 Å². The van der Waals surface area contributed by atoms with E-state index in [9.17, 15) is 5.26 Å². The molecule has 1 atom stereocenters. The van der Waals surface area contributed by atoms with Crippen molar-refractivity contribution in [1.82, 2.24) is 10.2 Å². The number of hydrogen-bond donors (Lipinski definition) is 3. The van der Waals surface area contributed by atoms with E-state index >= 15 is 0 Å². The average molecular weight is 372 g/mol. The monoisotopic (exact) mass is 372 g/mol. The van der Waals surface area contributed by atoms with E-state index in [1.807, 2.05) is 6.92 Å². The largest absolute Gasteiger partial charge is 0.420 e. The van der Waals surface area contributed by atoms with Crippen LogP contribution in [0.4, 0.5) is 0 Å². The van der Waals surface area contributed by atoms with E-state index in [-0.39, 0.29) is 11.8 Å². The predicted octanol–water partition coefficient (Wildman–Crippen LogP) is 0.721. The Bertz CT molecular complexity index is 901. The van der Waals surface area contributed by atoms with E-state index in [2.05, 4.69) is 29.3 Å². The van der Waals surface area contributed by atoms with E-state index < -0.39 is 0 Å². The number of thiophene rings is 1. The maximum atomic E-state index is 9.67. The third-order valence-electron chi connectivity index (χ3n) is 5.09. The molecular weight excluding hydrogens is 350 g/mol. The molecule has 0 saturated carbocycles. The molecule has 2 aromatic heterocycles. The van der Waals surface area contributed by atoms with Crippen LogP contribution in [0.3, 0.4) is 0 Å². The van der Waals surface area contributed by atoms with Crippen molar-refractivity contribution in [2.45, 2.75) is 26.3 Å². The van der Waals surface area contributed by atoms with Gasteiger partial charge in [-0.05, 0) is 19.9 Å². The van der Waals surface area contributed by atoms with Gasteiger partial charge < -0.3 is 20.1 Å². The highest BCUT2D eigenvalue weighted by molar-refractivity contribution is 7.12. The van der Waals surface area contributed by atoms with Gasteiger partial charge in [-0.2, -0.15) is 5.26 Å². The fourth-order valence-electron chi connectivity index (χ4n) is 3.65. The van der Waals surface area contributed by atoms with E-state index in [1.54, 1.807) is 11.3 Å². The number of nitrogens with one attached hydrogen (secondary N) is 2. The zero-order valence-electron chi connectivity index (χ0n) is 14.9. The number of aromatic amines is 1. The molecule has 0 aliphatic carbocycles. The zero-order valence-corrected chi connectivity index (χ0v) is 15.7. The topological polar surface area (TPSA) is 101 Å². The van der Waals surface area contributed by atoms with Crippen LogP contribution in [0.15, 0.2) is 17.5 Å². The maximum absolute atomic E-state index is 9.67. The van der Waals surface area contributed by atoms with Gasteiger partial charge in [0.1, 0.15) is 31.3 Å². The van der Waals surface area contributed by atoms with E-state index in [0.29, 0.717) is 11.5 Å². The molecule has 2 aromatic rings. The minimum Gasteiger partial charge on any atom is -0.420 e. The molecule has 4 heterocycles. The molecule has 136 valence electrons. The minimum absolute atomic E-state index is 0.142. The molecule has 0 unspecified atom stereocenters. The lowest BCUT2D eigenvalue weighted by Crippen LogP contribution is -3.12. The van der Waals surface area contributed by atoms with Crippen molar-refractivity contribution >= 4 is 11.3 Å². The molecule has 0 radical (unpaired) electrons. The van der Waals surface area contributed by atoms with Gasteiger partial charge in [-0.25, -0.2) is 0 Å². The molecule has 8 heteroatoms. The minimum atomic E-state index is -0.223. The quantitative estimate of drug-likeness (QED) is 0.737. The Morgan fingerprint density at radius 1 is 1.42 bits per heavy atom. The Balaban J connectivity index is 1.71. The summed E-state index contributed by atoms with van der Waals surface area (Å²) >= 11 is 1.72. The standard InChI is InChI=1S/C18H21N5O2S/c1-10-15-16(13(8-19)17(20)25-18(15)22-21-10)14-7-12(11(2)26-14)9-23-3-5-24-6-4-23/h7,16H,3-6,9,20H2,1-2H3,(H,21,22)/p+1/t16-/m1/s1. The molecule has 1 fully saturated rings. The van der Waals surface area contributed by atoms with Crippen molar-refractivity contribution in [2.75, 3.05) is 26.3 Å². The van der Waals surface area contributed by atoms with Gasteiger partial charge in [0.25, 0.3) is 0 Å². The number of hydrogen-bond acceptors (Lipinski definition) is 6. The van der Waals surface area contributed by atoms with E-state index in [1.165, 1.54) is 15.3 Å². The Kier molecular flexibility index (Phi) is 4.44. The Morgan fingerprint density at radius 2 is 2.19 bits per heavy atom. The molecule has 26 heavy (non-hydrogen) atoms. The number of quaternary nitrogens is 1. The first-order chi connectivity index (χ1) is 12.6. The summed E-state index contributed by atoms with van der Waals surface area (Å²) in [5, 5.41) is 16.8. The molecule has 4 N–H and O–H groups in total. The molecule has 2 aliphatic rings. The Labute approximate surface area is 156 Å². The predicted molar refractivity (Wildman–Crippen MR) is 96.9 cm³/mol. The number of ether oxygens (including phenoxy) is 2. The lowest BCUT2D eigenvalue weighted by molar-refractivity contribution is -0.921. The number of H-pyrrole nitrogens is 1. The van der Waals surface area contributed by atoms with Gasteiger partial charge >= 0.3 is 0 Å². The first-order valence-corrected chi connectivity index (χ1v) is 9.53. The number of aromatic nitrogens is 2. The van der Waals surface area contributed by atoms with Gasteiger partial charge in [0.05, 0.1) is 24.7 Å². The van der Waals surface area contributed by atoms with Crippen molar-refractivity contribution in [2.24, 2.45) is 5.73 Å². The molecule has 0 bridgehead atoms. The SMILES string of the molecule is Cc1[nH]nc2c1[C@@H](c1cc(C[NH+]3CCOCC3)c(C)s1)C(C#N)=C(N)O2. The zero-order chi connectivity index (χ0) is 18.3. The summed E-state index contributed by atoms with van der Waals surface area (Å²) in [7, 11) is 0. The summed E-state index contributed by atoms with van der Waals surface area (Å²) in [6, 6.07) is 4.46. The molecule has 2 aliphatic heterocycles. The number of nitrogens with zero attached hydrogens (tertiary/aromatic N) is 2. The molecule has 0 amide bonds. The van der Waals surface area contributed by atoms with Crippen LogP contribution in [-0.4, -0.2) is 36.5 Å². The summed E-state index contributed by atoms with van der Waals surface area (Å²) < 4.78 is 11.0. The Morgan fingerprint density at radius 3 is 2.92 bits per heavy atom. The normalized spacial score (nSPS) is 20.6. The van der Waals surface area contributed by atoms with Crippen LogP contribution in [0.2, 0.25) is 0 Å². The summed E-state index contributed by atoms with van der Waals surface area (Å²) in [5.74, 6) is 0.387. The van der Waals surface area contributed by atoms with Crippen molar-refractivity contribution < 1.29 is 14.4 Å². The van der Waals surface area contributed by atoms with Gasteiger partial charge in [-0.15, -0.1) is 16.4 Å². The van der Waals surface area contributed by atoms with Crippen molar-refractivity contribution in [3.8, 4) is 11.9 Å². The van der Waals surface area contributed by atoms with Crippen LogP contribution < -0.4 is 15.4 Å². The number of allylic oxidation sites excluding steroid dienone is 1. The third kappa shape index (κ3) is 2.88. The van der Waals surface area contributed by atoms with Crippen LogP contribution in [-0.2, 0) is 11.3 Å². The third-order valence-corrected chi connectivity index (χ3v) is 6.25. The maximum Gasteiger partial charge on any atom is 0.244 e. The highest BCUT2D eigenvalue weighted by Crippen LogP contribution is 2.45. The summed E-state index contributed by atoms with van der Waals surface area (Å²) in [6.45, 7) is 8.77. The number of aryl methyl sites for hydroxylation is 2. The van der Waals surface area contributed by atoms with E-state index in [4.69, 9.17) is 15.2 Å². The number of nitrogens with two attached hydrogens (primary N) is 1. The smallest absolute Gasteiger partial charge is 0.244 e. The van der Waals surface area contributed by atoms with Crippen molar-refractivity contribution in [3.63, 3.8) is 0 Å². The molecule has 0 spiro atoms. The van der Waals surface area contributed by atoms with Gasteiger partial charge in [0.2, 0.25) is 11.8 Å². The fraction of sp³-hybridized carbons (Fsp3) is 0.444. The number of rotatable bonds is 3. The fourth-order valence-corrected chi connectivity index (χ4v) is 4.82. The van der Waals surface area contributed by atoms with Gasteiger partial charge in [0.15, 0.2) is 0 Å². The molecule has 1 saturated heterocycles. The van der Waals surface area contributed by atoms with Crippen molar-refractivity contribution in [1.29, 1.82) is 5.26 Å². The second-order valence-corrected chi connectivity index (χ2v) is 8.05. The van der Waals surface area contributed by atoms with Crippen LogP contribution in [0.5, 0.6) is 5.88 Å². The van der Waals surface area contributed by atoms with Gasteiger partial charge in [-0.1, -0.05) is 0 Å². The van der Waals surface area contributed by atoms with E-state index in [0.717, 1.165) is 49.0 Å². The number of morpholine rings is 1. The van der Waals surface area contributed by atoms with Gasteiger partial charge in [0, 0.05) is 21.0 Å². The van der Waals surface area contributed by atoms with Crippen LogP contribution >= 0.6 is 11.3 Å². The molecule has 0 aromatic carbocycles. The lowest BCUT2D eigenvalue weighted by Gasteiger charge is -2.23. The summed E-state index contributed by atoms with van der Waals surface area (Å²) in [5.41, 5.74) is 9.59. The summed E-state index contributed by atoms with van der Waals surface area (Å²) in [6.07, 6.45) is 0. The van der Waals surface area contributed by atoms with Crippen LogP contribution in [0.1, 0.15) is 32.5 Å². The van der Waals surface area contributed by atoms with Crippen LogP contribution in [0, 0.1) is 25.2 Å². The lowest BCUT2D eigenvalue weighted by atomic mass is 9.88. The van der Waals surface area contributed by atoms with Crippen molar-refractivity contribution in [3.05, 3.63) is 44.1 Å².